The molecule has 0 aliphatic heterocycles. The van der Waals surface area contributed by atoms with Gasteiger partial charge in [0.2, 0.25) is 0 Å². The Labute approximate surface area is 92.9 Å². The second-order valence-corrected chi connectivity index (χ2v) is 4.08. The molecule has 15 heavy (non-hydrogen) atoms. The predicted molar refractivity (Wildman–Crippen MR) is 56.2 cm³/mol. The number of phenols is 1. The van der Waals surface area contributed by atoms with E-state index in [-0.39, 0.29) is 10.8 Å². The van der Waals surface area contributed by atoms with Crippen LogP contribution in [0.1, 0.15) is 18.4 Å². The van der Waals surface area contributed by atoms with Crippen molar-refractivity contribution in [3.05, 3.63) is 22.7 Å². The van der Waals surface area contributed by atoms with Gasteiger partial charge in [-0.3, -0.25) is 0 Å². The highest BCUT2D eigenvalue weighted by Crippen LogP contribution is 2.50. The van der Waals surface area contributed by atoms with Crippen LogP contribution in [0.3, 0.4) is 0 Å². The monoisotopic (exact) mass is 223 g/mol. The molecule has 1 saturated carbocycles. The first kappa shape index (κ1) is 10.1. The van der Waals surface area contributed by atoms with Crippen LogP contribution in [-0.2, 0) is 5.41 Å². The fourth-order valence-corrected chi connectivity index (χ4v) is 1.78. The molecule has 1 aromatic carbocycles. The van der Waals surface area contributed by atoms with Gasteiger partial charge in [0.05, 0.1) is 18.6 Å². The highest BCUT2D eigenvalue weighted by atomic mass is 35.5. The average molecular weight is 224 g/mol. The fourth-order valence-electron chi connectivity index (χ4n) is 1.60. The van der Waals surface area contributed by atoms with Gasteiger partial charge >= 0.3 is 0 Å². The highest BCUT2D eigenvalue weighted by molar-refractivity contribution is 6.33. The van der Waals surface area contributed by atoms with Crippen molar-refractivity contribution >= 4 is 11.6 Å². The van der Waals surface area contributed by atoms with Gasteiger partial charge in [0.1, 0.15) is 16.5 Å². The number of methoxy groups -OCH3 is 1. The molecule has 1 fully saturated rings. The molecule has 1 N–H and O–H groups in total. The number of hydrogen-bond acceptors (Lipinski definition) is 3. The zero-order valence-corrected chi connectivity index (χ0v) is 9.01. The largest absolute Gasteiger partial charge is 0.506 e. The Kier molecular flexibility index (Phi) is 2.24. The molecule has 0 aromatic heterocycles. The van der Waals surface area contributed by atoms with Crippen LogP contribution in [0.15, 0.2) is 12.1 Å². The quantitative estimate of drug-likeness (QED) is 0.839. The molecule has 0 atom stereocenters. The van der Waals surface area contributed by atoms with Crippen LogP contribution in [0.25, 0.3) is 0 Å². The lowest BCUT2D eigenvalue weighted by atomic mass is 9.97. The molecule has 78 valence electrons. The van der Waals surface area contributed by atoms with Crippen LogP contribution in [-0.4, -0.2) is 12.2 Å². The molecular formula is C11H10ClNO2. The number of benzene rings is 1. The summed E-state index contributed by atoms with van der Waals surface area (Å²) in [6, 6.07) is 5.52. The summed E-state index contributed by atoms with van der Waals surface area (Å²) < 4.78 is 5.03. The van der Waals surface area contributed by atoms with Gasteiger partial charge in [-0.25, -0.2) is 0 Å². The summed E-state index contributed by atoms with van der Waals surface area (Å²) in [6.07, 6.45) is 1.65. The maximum absolute atomic E-state index is 9.58. The Morgan fingerprint density at radius 1 is 1.53 bits per heavy atom. The molecule has 1 aliphatic rings. The first-order valence-corrected chi connectivity index (χ1v) is 4.99. The van der Waals surface area contributed by atoms with Gasteiger partial charge in [0.15, 0.2) is 0 Å². The summed E-state index contributed by atoms with van der Waals surface area (Å²) >= 11 is 5.82. The van der Waals surface area contributed by atoms with Crippen molar-refractivity contribution < 1.29 is 9.84 Å². The lowest BCUT2D eigenvalue weighted by Gasteiger charge is -2.11. The van der Waals surface area contributed by atoms with Crippen molar-refractivity contribution in [1.29, 1.82) is 5.26 Å². The van der Waals surface area contributed by atoms with Gasteiger partial charge in [-0.2, -0.15) is 5.26 Å². The van der Waals surface area contributed by atoms with Crippen LogP contribution < -0.4 is 4.74 Å². The van der Waals surface area contributed by atoms with Crippen LogP contribution in [0, 0.1) is 11.3 Å². The molecule has 3 nitrogen and oxygen atoms in total. The molecule has 0 amide bonds. The number of aromatic hydroxyl groups is 1. The molecule has 2 rings (SSSR count). The third-order valence-electron chi connectivity index (χ3n) is 2.76. The second-order valence-electron chi connectivity index (χ2n) is 3.71. The van der Waals surface area contributed by atoms with Crippen molar-refractivity contribution in [2.24, 2.45) is 0 Å². The zero-order valence-electron chi connectivity index (χ0n) is 8.25. The van der Waals surface area contributed by atoms with E-state index in [1.54, 1.807) is 12.1 Å². The van der Waals surface area contributed by atoms with E-state index in [1.165, 1.54) is 7.11 Å². The number of phenolic OH excluding ortho intramolecular Hbond substituents is 1. The van der Waals surface area contributed by atoms with Crippen molar-refractivity contribution in [3.8, 4) is 17.6 Å². The van der Waals surface area contributed by atoms with E-state index in [2.05, 4.69) is 6.07 Å². The topological polar surface area (TPSA) is 53.2 Å². The van der Waals surface area contributed by atoms with E-state index in [0.29, 0.717) is 5.75 Å². The molecule has 1 aromatic rings. The molecule has 0 unspecified atom stereocenters. The molecule has 0 spiro atoms. The first-order valence-electron chi connectivity index (χ1n) is 4.61. The third kappa shape index (κ3) is 1.51. The number of ether oxygens (including phenoxy) is 1. The Morgan fingerprint density at radius 2 is 2.20 bits per heavy atom. The van der Waals surface area contributed by atoms with Crippen molar-refractivity contribution in [1.82, 2.24) is 0 Å². The van der Waals surface area contributed by atoms with Crippen LogP contribution in [0.5, 0.6) is 11.5 Å². The summed E-state index contributed by atoms with van der Waals surface area (Å²) in [5, 5.41) is 18.8. The minimum Gasteiger partial charge on any atom is -0.506 e. The molecule has 0 radical (unpaired) electrons. The third-order valence-corrected chi connectivity index (χ3v) is 3.14. The lowest BCUT2D eigenvalue weighted by molar-refractivity contribution is 0.407. The van der Waals surface area contributed by atoms with Gasteiger partial charge in [-0.15, -0.1) is 0 Å². The fraction of sp³-hybridized carbons (Fsp3) is 0.364. The number of nitriles is 1. The van der Waals surface area contributed by atoms with E-state index in [9.17, 15) is 5.11 Å². The Balaban J connectivity index is 2.52. The van der Waals surface area contributed by atoms with Gasteiger partial charge in [-0.05, 0) is 30.5 Å². The predicted octanol–water partition coefficient (Wildman–Crippen LogP) is 2.61. The van der Waals surface area contributed by atoms with E-state index in [4.69, 9.17) is 21.6 Å². The van der Waals surface area contributed by atoms with Crippen molar-refractivity contribution in [3.63, 3.8) is 0 Å². The summed E-state index contributed by atoms with van der Waals surface area (Å²) in [4.78, 5) is 0. The van der Waals surface area contributed by atoms with Crippen molar-refractivity contribution in [2.75, 3.05) is 7.11 Å². The summed E-state index contributed by atoms with van der Waals surface area (Å²) in [5.74, 6) is 0.376. The SMILES string of the molecule is COc1cc(C2(C#N)CC2)cc(O)c1Cl. The molecule has 0 bridgehead atoms. The number of hydrogen-bond donors (Lipinski definition) is 1. The number of rotatable bonds is 2. The van der Waals surface area contributed by atoms with E-state index < -0.39 is 5.41 Å². The van der Waals surface area contributed by atoms with E-state index in [1.807, 2.05) is 0 Å². The molecule has 0 heterocycles. The molecule has 1 aliphatic carbocycles. The summed E-state index contributed by atoms with van der Waals surface area (Å²) in [5.41, 5.74) is 0.346. The summed E-state index contributed by atoms with van der Waals surface area (Å²) in [6.45, 7) is 0. The van der Waals surface area contributed by atoms with Gasteiger partial charge in [0, 0.05) is 0 Å². The number of nitrogens with zero attached hydrogens (tertiary/aromatic N) is 1. The van der Waals surface area contributed by atoms with E-state index >= 15 is 0 Å². The zero-order chi connectivity index (χ0) is 11.1. The van der Waals surface area contributed by atoms with Crippen LogP contribution in [0.2, 0.25) is 5.02 Å². The minimum atomic E-state index is -0.435. The van der Waals surface area contributed by atoms with Crippen molar-refractivity contribution in [2.45, 2.75) is 18.3 Å². The highest BCUT2D eigenvalue weighted by Gasteiger charge is 2.45. The van der Waals surface area contributed by atoms with Gasteiger partial charge in [0.25, 0.3) is 0 Å². The Hall–Kier alpha value is -1.40. The first-order chi connectivity index (χ1) is 7.13. The minimum absolute atomic E-state index is 0.0347. The molecule has 4 heteroatoms. The summed E-state index contributed by atoms with van der Waals surface area (Å²) in [7, 11) is 1.48. The maximum atomic E-state index is 9.58. The van der Waals surface area contributed by atoms with Gasteiger partial charge in [-0.1, -0.05) is 11.6 Å². The van der Waals surface area contributed by atoms with Crippen LogP contribution in [0.4, 0.5) is 0 Å². The standard InChI is InChI=1S/C11H10ClNO2/c1-15-9-5-7(4-8(14)10(9)12)11(6-13)2-3-11/h4-5,14H,2-3H2,1H3. The average Bonchev–Trinajstić information content (AvgIpc) is 3.02. The smallest absolute Gasteiger partial charge is 0.141 e. The Morgan fingerprint density at radius 3 is 2.67 bits per heavy atom. The molecular weight excluding hydrogens is 214 g/mol. The van der Waals surface area contributed by atoms with Crippen LogP contribution >= 0.6 is 11.6 Å². The lowest BCUT2D eigenvalue weighted by Crippen LogP contribution is -2.02. The van der Waals surface area contributed by atoms with Gasteiger partial charge < -0.3 is 9.84 Å². The van der Waals surface area contributed by atoms with E-state index in [0.717, 1.165) is 18.4 Å². The maximum Gasteiger partial charge on any atom is 0.141 e. The number of halogens is 1. The Bertz CT molecular complexity index is 447. The molecule has 0 saturated heterocycles. The normalized spacial score (nSPS) is 16.9. The second kappa shape index (κ2) is 3.32.